The highest BCUT2D eigenvalue weighted by Crippen LogP contribution is 2.16. The number of nitro groups is 1. The first kappa shape index (κ1) is 15.8. The van der Waals surface area contributed by atoms with E-state index in [2.05, 4.69) is 10.3 Å². The van der Waals surface area contributed by atoms with Crippen molar-refractivity contribution in [3.8, 4) is 0 Å². The van der Waals surface area contributed by atoms with E-state index in [1.807, 2.05) is 19.2 Å². The number of hydrogen-bond donors (Lipinski definition) is 1. The van der Waals surface area contributed by atoms with Crippen LogP contribution in [0.1, 0.15) is 29.2 Å². The summed E-state index contributed by atoms with van der Waals surface area (Å²) in [6, 6.07) is 5.91. The van der Waals surface area contributed by atoms with Gasteiger partial charge in [0.1, 0.15) is 0 Å². The third kappa shape index (κ3) is 4.23. The van der Waals surface area contributed by atoms with Crippen LogP contribution in [0.5, 0.6) is 0 Å². The van der Waals surface area contributed by atoms with Crippen LogP contribution in [0.15, 0.2) is 35.7 Å². The van der Waals surface area contributed by atoms with Crippen LogP contribution >= 0.6 is 11.3 Å². The summed E-state index contributed by atoms with van der Waals surface area (Å²) >= 11 is 1.53. The number of rotatable bonds is 5. The second-order valence-electron chi connectivity index (χ2n) is 4.71. The molecule has 114 valence electrons. The second kappa shape index (κ2) is 6.95. The van der Waals surface area contributed by atoms with E-state index >= 15 is 0 Å². The number of non-ortho nitro benzene ring substituents is 1. The van der Waals surface area contributed by atoms with Crippen molar-refractivity contribution in [2.45, 2.75) is 19.9 Å². The van der Waals surface area contributed by atoms with Gasteiger partial charge in [0.05, 0.1) is 21.7 Å². The van der Waals surface area contributed by atoms with E-state index in [-0.39, 0.29) is 17.6 Å². The van der Waals surface area contributed by atoms with Gasteiger partial charge in [0.2, 0.25) is 5.91 Å². The number of nitrogens with zero attached hydrogens (tertiary/aromatic N) is 2. The first-order valence-corrected chi connectivity index (χ1v) is 7.48. The number of amides is 1. The second-order valence-corrected chi connectivity index (χ2v) is 5.77. The van der Waals surface area contributed by atoms with Gasteiger partial charge in [-0.25, -0.2) is 4.98 Å². The molecule has 1 aromatic carbocycles. The Labute approximate surface area is 131 Å². The Morgan fingerprint density at radius 1 is 1.50 bits per heavy atom. The van der Waals surface area contributed by atoms with Gasteiger partial charge in [-0.2, -0.15) is 0 Å². The molecule has 0 bridgehead atoms. The number of aromatic nitrogens is 1. The molecule has 22 heavy (non-hydrogen) atoms. The summed E-state index contributed by atoms with van der Waals surface area (Å²) in [6.07, 6.45) is 2.90. The maximum absolute atomic E-state index is 11.9. The normalized spacial score (nSPS) is 12.3. The van der Waals surface area contributed by atoms with E-state index < -0.39 is 4.92 Å². The van der Waals surface area contributed by atoms with Gasteiger partial charge in [-0.1, -0.05) is 12.1 Å². The fourth-order valence-electron chi connectivity index (χ4n) is 1.83. The Bertz CT molecular complexity index is 724. The molecule has 0 aliphatic rings. The monoisotopic (exact) mass is 317 g/mol. The molecule has 1 unspecified atom stereocenters. The Morgan fingerprint density at radius 3 is 2.91 bits per heavy atom. The molecule has 1 atom stereocenters. The number of aryl methyl sites for hydroxylation is 1. The molecule has 1 aromatic heterocycles. The van der Waals surface area contributed by atoms with Crippen molar-refractivity contribution in [3.05, 3.63) is 62.1 Å². The van der Waals surface area contributed by atoms with Gasteiger partial charge in [0.15, 0.2) is 0 Å². The summed E-state index contributed by atoms with van der Waals surface area (Å²) in [6.45, 7) is 3.76. The molecule has 0 radical (unpaired) electrons. The summed E-state index contributed by atoms with van der Waals surface area (Å²) in [5.74, 6) is -0.273. The van der Waals surface area contributed by atoms with Crippen LogP contribution in [0.25, 0.3) is 6.08 Å². The standard InChI is InChI=1S/C15H15N3O3S/c1-10(14-9-22-11(2)17-14)16-15(19)7-6-12-4-3-5-13(8-12)18(20)21/h3-10H,1-2H3,(H,16,19)/b7-6+. The third-order valence-corrected chi connectivity index (χ3v) is 3.74. The number of carbonyl (C=O) groups is 1. The highest BCUT2D eigenvalue weighted by atomic mass is 32.1. The Morgan fingerprint density at radius 2 is 2.27 bits per heavy atom. The molecule has 2 rings (SSSR count). The van der Waals surface area contributed by atoms with Crippen molar-refractivity contribution >= 4 is 29.0 Å². The lowest BCUT2D eigenvalue weighted by Gasteiger charge is -2.09. The van der Waals surface area contributed by atoms with Crippen LogP contribution in [0, 0.1) is 17.0 Å². The van der Waals surface area contributed by atoms with Gasteiger partial charge < -0.3 is 5.32 Å². The number of nitro benzene ring substituents is 1. The van der Waals surface area contributed by atoms with Crippen LogP contribution in [0.4, 0.5) is 5.69 Å². The number of thiazole rings is 1. The first-order valence-electron chi connectivity index (χ1n) is 6.61. The van der Waals surface area contributed by atoms with Gasteiger partial charge in [-0.05, 0) is 25.5 Å². The average molecular weight is 317 g/mol. The molecule has 0 aliphatic carbocycles. The maximum Gasteiger partial charge on any atom is 0.270 e. The number of nitrogens with one attached hydrogen (secondary N) is 1. The van der Waals surface area contributed by atoms with Gasteiger partial charge in [-0.3, -0.25) is 14.9 Å². The van der Waals surface area contributed by atoms with E-state index in [1.165, 1.54) is 29.5 Å². The molecule has 1 N–H and O–H groups in total. The number of benzene rings is 1. The lowest BCUT2D eigenvalue weighted by molar-refractivity contribution is -0.384. The minimum atomic E-state index is -0.468. The van der Waals surface area contributed by atoms with Crippen molar-refractivity contribution < 1.29 is 9.72 Å². The third-order valence-electron chi connectivity index (χ3n) is 2.95. The summed E-state index contributed by atoms with van der Waals surface area (Å²) in [5, 5.41) is 16.3. The quantitative estimate of drug-likeness (QED) is 0.521. The molecule has 0 spiro atoms. The van der Waals surface area contributed by atoms with E-state index in [9.17, 15) is 14.9 Å². The van der Waals surface area contributed by atoms with Gasteiger partial charge in [-0.15, -0.1) is 11.3 Å². The highest BCUT2D eigenvalue weighted by Gasteiger charge is 2.10. The van der Waals surface area contributed by atoms with Gasteiger partial charge >= 0.3 is 0 Å². The Kier molecular flexibility index (Phi) is 5.00. The fraction of sp³-hybridized carbons (Fsp3) is 0.200. The zero-order chi connectivity index (χ0) is 16.1. The van der Waals surface area contributed by atoms with Crippen molar-refractivity contribution in [3.63, 3.8) is 0 Å². The van der Waals surface area contributed by atoms with Crippen LogP contribution in [0.3, 0.4) is 0 Å². The van der Waals surface area contributed by atoms with Crippen LogP contribution in [0.2, 0.25) is 0 Å². The number of carbonyl (C=O) groups excluding carboxylic acids is 1. The molecule has 7 heteroatoms. The van der Waals surface area contributed by atoms with Gasteiger partial charge in [0, 0.05) is 23.6 Å². The lowest BCUT2D eigenvalue weighted by Crippen LogP contribution is -2.24. The van der Waals surface area contributed by atoms with Crippen LogP contribution in [-0.4, -0.2) is 15.8 Å². The fourth-order valence-corrected chi connectivity index (χ4v) is 2.53. The summed E-state index contributed by atoms with van der Waals surface area (Å²) in [7, 11) is 0. The van der Waals surface area contributed by atoms with Crippen LogP contribution < -0.4 is 5.32 Å². The molecule has 1 amide bonds. The smallest absolute Gasteiger partial charge is 0.270 e. The van der Waals surface area contributed by atoms with Crippen molar-refractivity contribution in [1.82, 2.24) is 10.3 Å². The summed E-state index contributed by atoms with van der Waals surface area (Å²) < 4.78 is 0. The molecule has 6 nitrogen and oxygen atoms in total. The molecular weight excluding hydrogens is 302 g/mol. The molecule has 2 aromatic rings. The maximum atomic E-state index is 11.9. The molecular formula is C15H15N3O3S. The SMILES string of the molecule is Cc1nc(C(C)NC(=O)/C=C/c2cccc([N+](=O)[O-])c2)cs1. The lowest BCUT2D eigenvalue weighted by atomic mass is 10.2. The molecule has 0 saturated heterocycles. The first-order chi connectivity index (χ1) is 10.5. The topological polar surface area (TPSA) is 85.1 Å². The van der Waals surface area contributed by atoms with E-state index in [4.69, 9.17) is 0 Å². The zero-order valence-corrected chi connectivity index (χ0v) is 13.0. The van der Waals surface area contributed by atoms with Crippen molar-refractivity contribution in [2.24, 2.45) is 0 Å². The predicted molar refractivity (Wildman–Crippen MR) is 85.5 cm³/mol. The number of hydrogen-bond acceptors (Lipinski definition) is 5. The van der Waals surface area contributed by atoms with E-state index in [0.29, 0.717) is 5.56 Å². The highest BCUT2D eigenvalue weighted by molar-refractivity contribution is 7.09. The van der Waals surface area contributed by atoms with E-state index in [1.54, 1.807) is 18.2 Å². The predicted octanol–water partition coefficient (Wildman–Crippen LogP) is 3.25. The molecule has 0 fully saturated rings. The van der Waals surface area contributed by atoms with Crippen LogP contribution in [-0.2, 0) is 4.79 Å². The Hall–Kier alpha value is -2.54. The largest absolute Gasteiger partial charge is 0.344 e. The minimum absolute atomic E-state index is 0.00567. The Balaban J connectivity index is 1.99. The molecule has 0 saturated carbocycles. The average Bonchev–Trinajstić information content (AvgIpc) is 2.92. The molecule has 1 heterocycles. The summed E-state index contributed by atoms with van der Waals surface area (Å²) in [5.41, 5.74) is 1.41. The molecule has 0 aliphatic heterocycles. The summed E-state index contributed by atoms with van der Waals surface area (Å²) in [4.78, 5) is 26.4. The van der Waals surface area contributed by atoms with Crippen molar-refractivity contribution in [1.29, 1.82) is 0 Å². The van der Waals surface area contributed by atoms with Gasteiger partial charge in [0.25, 0.3) is 5.69 Å². The minimum Gasteiger partial charge on any atom is -0.344 e. The van der Waals surface area contributed by atoms with Crippen molar-refractivity contribution in [2.75, 3.05) is 0 Å². The zero-order valence-electron chi connectivity index (χ0n) is 12.1. The van der Waals surface area contributed by atoms with E-state index in [0.717, 1.165) is 10.7 Å².